The lowest BCUT2D eigenvalue weighted by Gasteiger charge is -2.14. The third kappa shape index (κ3) is 1.74. The molecule has 16 heavy (non-hydrogen) atoms. The number of halogens is 1. The Balaban J connectivity index is 2.52. The Morgan fingerprint density at radius 3 is 2.69 bits per heavy atom. The van der Waals surface area contributed by atoms with Crippen LogP contribution in [0.25, 0.3) is 0 Å². The molecule has 1 aliphatic rings. The van der Waals surface area contributed by atoms with Gasteiger partial charge >= 0.3 is 0 Å². The molecule has 0 fully saturated rings. The number of rotatable bonds is 2. The first kappa shape index (κ1) is 10.9. The highest BCUT2D eigenvalue weighted by molar-refractivity contribution is 6.32. The van der Waals surface area contributed by atoms with Gasteiger partial charge in [-0.25, -0.2) is 0 Å². The Hall–Kier alpha value is -1.61. The zero-order valence-electron chi connectivity index (χ0n) is 8.62. The summed E-state index contributed by atoms with van der Waals surface area (Å²) in [4.78, 5) is 23.6. The van der Waals surface area contributed by atoms with Crippen LogP contribution >= 0.6 is 11.6 Å². The minimum Gasteiger partial charge on any atom is -0.490 e. The van der Waals surface area contributed by atoms with Gasteiger partial charge in [0.1, 0.15) is 0 Å². The number of ether oxygens (including phenoxy) is 1. The SMILES string of the molecule is CCOC1=CC(=O)c2ccc(Cl)cc2C1=O. The van der Waals surface area contributed by atoms with Gasteiger partial charge in [0.2, 0.25) is 5.78 Å². The highest BCUT2D eigenvalue weighted by Gasteiger charge is 2.26. The van der Waals surface area contributed by atoms with Crippen molar-refractivity contribution in [3.05, 3.63) is 46.2 Å². The molecule has 2 rings (SSSR count). The summed E-state index contributed by atoms with van der Waals surface area (Å²) in [6.07, 6.45) is 1.22. The highest BCUT2D eigenvalue weighted by atomic mass is 35.5. The van der Waals surface area contributed by atoms with Gasteiger partial charge in [0.25, 0.3) is 0 Å². The second-order valence-electron chi connectivity index (χ2n) is 3.32. The fraction of sp³-hybridized carbons (Fsp3) is 0.167. The van der Waals surface area contributed by atoms with Gasteiger partial charge in [0.15, 0.2) is 11.5 Å². The van der Waals surface area contributed by atoms with Crippen LogP contribution in [0.1, 0.15) is 27.6 Å². The van der Waals surface area contributed by atoms with Crippen molar-refractivity contribution in [1.29, 1.82) is 0 Å². The number of ketones is 2. The van der Waals surface area contributed by atoms with Crippen molar-refractivity contribution in [1.82, 2.24) is 0 Å². The predicted molar refractivity (Wildman–Crippen MR) is 59.8 cm³/mol. The van der Waals surface area contributed by atoms with E-state index in [2.05, 4.69) is 0 Å². The second kappa shape index (κ2) is 4.10. The average Bonchev–Trinajstić information content (AvgIpc) is 2.25. The Bertz CT molecular complexity index is 503. The molecule has 0 radical (unpaired) electrons. The van der Waals surface area contributed by atoms with Crippen molar-refractivity contribution in [2.45, 2.75) is 6.92 Å². The molecule has 1 aromatic carbocycles. The number of benzene rings is 1. The molecule has 0 unspecified atom stereocenters. The third-order valence-electron chi connectivity index (χ3n) is 2.28. The summed E-state index contributed by atoms with van der Waals surface area (Å²) in [7, 11) is 0. The molecule has 1 aliphatic carbocycles. The van der Waals surface area contributed by atoms with E-state index in [-0.39, 0.29) is 17.3 Å². The average molecular weight is 237 g/mol. The Kier molecular flexibility index (Phi) is 2.79. The summed E-state index contributed by atoms with van der Waals surface area (Å²) < 4.78 is 5.11. The van der Waals surface area contributed by atoms with Crippen LogP contribution in [0.4, 0.5) is 0 Å². The van der Waals surface area contributed by atoms with Gasteiger partial charge < -0.3 is 4.74 Å². The Labute approximate surface area is 97.7 Å². The quantitative estimate of drug-likeness (QED) is 0.793. The monoisotopic (exact) mass is 236 g/mol. The van der Waals surface area contributed by atoms with Gasteiger partial charge in [-0.15, -0.1) is 0 Å². The van der Waals surface area contributed by atoms with E-state index in [1.807, 2.05) is 0 Å². The van der Waals surface area contributed by atoms with Crippen molar-refractivity contribution in [3.63, 3.8) is 0 Å². The first-order valence-corrected chi connectivity index (χ1v) is 5.24. The predicted octanol–water partition coefficient (Wildman–Crippen LogP) is 2.64. The lowest BCUT2D eigenvalue weighted by atomic mass is 9.94. The van der Waals surface area contributed by atoms with E-state index in [0.717, 1.165) is 0 Å². The van der Waals surface area contributed by atoms with Crippen molar-refractivity contribution >= 4 is 23.2 Å². The van der Waals surface area contributed by atoms with E-state index in [1.165, 1.54) is 12.1 Å². The maximum absolute atomic E-state index is 11.9. The first-order valence-electron chi connectivity index (χ1n) is 4.86. The van der Waals surface area contributed by atoms with E-state index >= 15 is 0 Å². The standard InChI is InChI=1S/C12H9ClO3/c1-2-16-11-6-10(14)8-4-3-7(13)5-9(8)12(11)15/h3-6H,2H2,1H3. The molecule has 0 saturated heterocycles. The third-order valence-corrected chi connectivity index (χ3v) is 2.51. The van der Waals surface area contributed by atoms with Crippen molar-refractivity contribution in [3.8, 4) is 0 Å². The number of carbonyl (C=O) groups excluding carboxylic acids is 2. The van der Waals surface area contributed by atoms with Crippen LogP contribution in [-0.4, -0.2) is 18.2 Å². The number of carbonyl (C=O) groups is 2. The van der Waals surface area contributed by atoms with E-state index in [9.17, 15) is 9.59 Å². The number of fused-ring (bicyclic) bond motifs is 1. The minimum atomic E-state index is -0.293. The number of hydrogen-bond acceptors (Lipinski definition) is 3. The second-order valence-corrected chi connectivity index (χ2v) is 3.76. The first-order chi connectivity index (χ1) is 7.63. The minimum absolute atomic E-state index is 0.0854. The summed E-state index contributed by atoms with van der Waals surface area (Å²) in [6, 6.07) is 4.63. The molecular formula is C12H9ClO3. The maximum Gasteiger partial charge on any atom is 0.228 e. The van der Waals surface area contributed by atoms with Gasteiger partial charge in [-0.2, -0.15) is 0 Å². The van der Waals surface area contributed by atoms with Gasteiger partial charge in [0.05, 0.1) is 6.61 Å². The van der Waals surface area contributed by atoms with E-state index in [4.69, 9.17) is 16.3 Å². The van der Waals surface area contributed by atoms with Crippen LogP contribution in [0.15, 0.2) is 30.0 Å². The molecule has 0 heterocycles. The van der Waals surface area contributed by atoms with E-state index in [1.54, 1.807) is 19.1 Å². The molecule has 0 saturated carbocycles. The lowest BCUT2D eigenvalue weighted by molar-refractivity contribution is 0.0892. The normalized spacial score (nSPS) is 14.5. The molecule has 4 heteroatoms. The number of hydrogen-bond donors (Lipinski definition) is 0. The summed E-state index contributed by atoms with van der Waals surface area (Å²) in [5.41, 5.74) is 0.682. The summed E-state index contributed by atoms with van der Waals surface area (Å²) >= 11 is 5.79. The van der Waals surface area contributed by atoms with Crippen LogP contribution in [-0.2, 0) is 4.74 Å². The van der Waals surface area contributed by atoms with Gasteiger partial charge in [-0.1, -0.05) is 11.6 Å². The van der Waals surface area contributed by atoms with Crippen LogP contribution in [0, 0.1) is 0 Å². The molecule has 3 nitrogen and oxygen atoms in total. The smallest absolute Gasteiger partial charge is 0.228 e. The van der Waals surface area contributed by atoms with Crippen LogP contribution in [0.3, 0.4) is 0 Å². The Morgan fingerprint density at radius 1 is 1.25 bits per heavy atom. The molecule has 0 spiro atoms. The van der Waals surface area contributed by atoms with Crippen LogP contribution in [0.2, 0.25) is 5.02 Å². The maximum atomic E-state index is 11.9. The van der Waals surface area contributed by atoms with E-state index in [0.29, 0.717) is 22.8 Å². The zero-order valence-corrected chi connectivity index (χ0v) is 9.38. The molecule has 0 aromatic heterocycles. The largest absolute Gasteiger partial charge is 0.490 e. The van der Waals surface area contributed by atoms with Gasteiger partial charge in [0, 0.05) is 22.2 Å². The van der Waals surface area contributed by atoms with Crippen molar-refractivity contribution in [2.75, 3.05) is 6.61 Å². The van der Waals surface area contributed by atoms with Crippen LogP contribution < -0.4 is 0 Å². The van der Waals surface area contributed by atoms with Gasteiger partial charge in [-0.05, 0) is 25.1 Å². The summed E-state index contributed by atoms with van der Waals surface area (Å²) in [5.74, 6) is -0.434. The molecule has 0 atom stereocenters. The molecule has 0 amide bonds. The molecule has 0 N–H and O–H groups in total. The molecular weight excluding hydrogens is 228 g/mol. The fourth-order valence-electron chi connectivity index (χ4n) is 1.58. The molecule has 1 aromatic rings. The topological polar surface area (TPSA) is 43.4 Å². The zero-order chi connectivity index (χ0) is 11.7. The van der Waals surface area contributed by atoms with Crippen molar-refractivity contribution in [2.24, 2.45) is 0 Å². The highest BCUT2D eigenvalue weighted by Crippen LogP contribution is 2.24. The molecule has 0 bridgehead atoms. The number of allylic oxidation sites excluding steroid dienone is 2. The van der Waals surface area contributed by atoms with Crippen LogP contribution in [0.5, 0.6) is 0 Å². The van der Waals surface area contributed by atoms with E-state index < -0.39 is 0 Å². The van der Waals surface area contributed by atoms with Gasteiger partial charge in [-0.3, -0.25) is 9.59 Å². The summed E-state index contributed by atoms with van der Waals surface area (Å²) in [5, 5.41) is 0.428. The molecule has 0 aliphatic heterocycles. The number of Topliss-reactive ketones (excluding diaryl/α,β-unsaturated/α-hetero) is 1. The Morgan fingerprint density at radius 2 is 2.00 bits per heavy atom. The van der Waals surface area contributed by atoms with Crippen molar-refractivity contribution < 1.29 is 14.3 Å². The summed E-state index contributed by atoms with van der Waals surface area (Å²) in [6.45, 7) is 2.10. The fourth-order valence-corrected chi connectivity index (χ4v) is 1.75. The molecule has 82 valence electrons. The lowest BCUT2D eigenvalue weighted by Crippen LogP contribution is -2.18.